The zero-order valence-electron chi connectivity index (χ0n) is 11.0. The average Bonchev–Trinajstić information content (AvgIpc) is 2.86. The maximum atomic E-state index is 9.62. The van der Waals surface area contributed by atoms with Crippen molar-refractivity contribution in [3.05, 3.63) is 15.6 Å². The number of aliphatic hydroxyl groups is 1. The molecule has 0 aliphatic carbocycles. The van der Waals surface area contributed by atoms with Gasteiger partial charge in [0.25, 0.3) is 0 Å². The van der Waals surface area contributed by atoms with E-state index in [2.05, 4.69) is 18.9 Å². The molecular weight excluding hydrogens is 248 g/mol. The zero-order valence-corrected chi connectivity index (χ0v) is 11.8. The van der Waals surface area contributed by atoms with Crippen LogP contribution < -0.4 is 0 Å². The van der Waals surface area contributed by atoms with Gasteiger partial charge in [0.2, 0.25) is 0 Å². The Morgan fingerprint density at radius 1 is 1.56 bits per heavy atom. The molecule has 100 valence electrons. The Labute approximate surface area is 112 Å². The van der Waals surface area contributed by atoms with E-state index in [1.807, 2.05) is 0 Å². The van der Waals surface area contributed by atoms with Gasteiger partial charge >= 0.3 is 0 Å². The number of thiazole rings is 1. The van der Waals surface area contributed by atoms with Crippen molar-refractivity contribution in [2.45, 2.75) is 24.7 Å². The molecule has 0 amide bonds. The molecule has 0 radical (unpaired) electrons. The Kier molecular flexibility index (Phi) is 3.18. The zero-order chi connectivity index (χ0) is 12.8. The molecule has 1 aromatic heterocycles. The molecule has 0 saturated carbocycles. The highest BCUT2D eigenvalue weighted by molar-refractivity contribution is 7.12. The lowest BCUT2D eigenvalue weighted by molar-refractivity contribution is -0.0827. The maximum Gasteiger partial charge on any atom is 0.0975 e. The van der Waals surface area contributed by atoms with Crippen molar-refractivity contribution in [3.63, 3.8) is 0 Å². The van der Waals surface area contributed by atoms with E-state index in [0.29, 0.717) is 19.1 Å². The lowest BCUT2D eigenvalue weighted by Crippen LogP contribution is -2.49. The Hall–Kier alpha value is -0.490. The van der Waals surface area contributed by atoms with Gasteiger partial charge in [0.1, 0.15) is 0 Å². The van der Waals surface area contributed by atoms with Gasteiger partial charge in [-0.05, 0) is 26.9 Å². The van der Waals surface area contributed by atoms with Crippen LogP contribution in [0.3, 0.4) is 0 Å². The van der Waals surface area contributed by atoms with Crippen LogP contribution in [0.1, 0.15) is 27.9 Å². The molecule has 1 unspecified atom stereocenters. The van der Waals surface area contributed by atoms with Crippen LogP contribution in [-0.4, -0.2) is 54.9 Å². The fourth-order valence-electron chi connectivity index (χ4n) is 2.86. The van der Waals surface area contributed by atoms with Crippen LogP contribution in [0.5, 0.6) is 0 Å². The topological polar surface area (TPSA) is 45.6 Å². The molecule has 1 atom stereocenters. The van der Waals surface area contributed by atoms with E-state index in [1.54, 1.807) is 11.3 Å². The number of rotatable bonds is 3. The highest BCUT2D eigenvalue weighted by Crippen LogP contribution is 2.40. The molecule has 5 heteroatoms. The minimum atomic E-state index is -0.162. The third kappa shape index (κ3) is 1.90. The fourth-order valence-corrected chi connectivity index (χ4v) is 4.21. The molecule has 18 heavy (non-hydrogen) atoms. The largest absolute Gasteiger partial charge is 0.395 e. The number of aliphatic hydroxyl groups excluding tert-OH is 1. The van der Waals surface area contributed by atoms with Crippen LogP contribution in [0, 0.1) is 6.92 Å². The Morgan fingerprint density at radius 3 is 2.83 bits per heavy atom. The summed E-state index contributed by atoms with van der Waals surface area (Å²) in [7, 11) is 2.16. The molecule has 2 aliphatic heterocycles. The van der Waals surface area contributed by atoms with Gasteiger partial charge in [0.15, 0.2) is 0 Å². The summed E-state index contributed by atoms with van der Waals surface area (Å²) in [4.78, 5) is 8.34. The monoisotopic (exact) mass is 268 g/mol. The second-order valence-corrected chi connectivity index (χ2v) is 6.68. The van der Waals surface area contributed by atoms with Crippen molar-refractivity contribution < 1.29 is 9.84 Å². The second-order valence-electron chi connectivity index (χ2n) is 5.65. The van der Waals surface area contributed by atoms with E-state index >= 15 is 0 Å². The average molecular weight is 268 g/mol. The second kappa shape index (κ2) is 4.56. The molecular formula is C13H20N2O2S. The van der Waals surface area contributed by atoms with Gasteiger partial charge in [0.05, 0.1) is 35.9 Å². The number of hydrogen-bond acceptors (Lipinski definition) is 5. The Balaban J connectivity index is 1.86. The summed E-state index contributed by atoms with van der Waals surface area (Å²) in [6.45, 7) is 5.76. The van der Waals surface area contributed by atoms with Crippen molar-refractivity contribution >= 4 is 11.3 Å². The van der Waals surface area contributed by atoms with Gasteiger partial charge < -0.3 is 14.7 Å². The molecule has 1 N–H and O–H groups in total. The van der Waals surface area contributed by atoms with Gasteiger partial charge in [-0.2, -0.15) is 0 Å². The summed E-state index contributed by atoms with van der Waals surface area (Å²) in [5, 5.41) is 10.9. The van der Waals surface area contributed by atoms with Gasteiger partial charge in [-0.25, -0.2) is 4.98 Å². The number of hydrogen-bond donors (Lipinski definition) is 1. The van der Waals surface area contributed by atoms with Gasteiger partial charge in [-0.3, -0.25) is 0 Å². The Morgan fingerprint density at radius 2 is 2.33 bits per heavy atom. The number of aryl methyl sites for hydroxylation is 1. The summed E-state index contributed by atoms with van der Waals surface area (Å²) in [5.41, 5.74) is 0.923. The first kappa shape index (κ1) is 12.5. The molecule has 2 aliphatic rings. The SMILES string of the molecule is Cc1nc(C2CCN(C)C2)sc1C1(CO)COC1. The Bertz CT molecular complexity index is 437. The van der Waals surface area contributed by atoms with E-state index in [0.717, 1.165) is 18.8 Å². The molecule has 1 aromatic rings. The molecule has 2 fully saturated rings. The molecule has 0 bridgehead atoms. The molecule has 4 nitrogen and oxygen atoms in total. The molecule has 0 spiro atoms. The highest BCUT2D eigenvalue weighted by atomic mass is 32.1. The third-order valence-corrected chi connectivity index (χ3v) is 5.66. The first-order valence-corrected chi connectivity index (χ1v) is 7.31. The summed E-state index contributed by atoms with van der Waals surface area (Å²) < 4.78 is 5.30. The predicted octanol–water partition coefficient (Wildman–Crippen LogP) is 1.13. The van der Waals surface area contributed by atoms with Gasteiger partial charge in [-0.15, -0.1) is 11.3 Å². The molecule has 3 rings (SSSR count). The van der Waals surface area contributed by atoms with Gasteiger partial charge in [0, 0.05) is 17.3 Å². The van der Waals surface area contributed by atoms with Crippen molar-refractivity contribution in [2.75, 3.05) is 40.0 Å². The maximum absolute atomic E-state index is 9.62. The van der Waals surface area contributed by atoms with Crippen LogP contribution in [0.2, 0.25) is 0 Å². The van der Waals surface area contributed by atoms with Gasteiger partial charge in [-0.1, -0.05) is 0 Å². The minimum absolute atomic E-state index is 0.162. The van der Waals surface area contributed by atoms with Crippen molar-refractivity contribution in [1.29, 1.82) is 0 Å². The third-order valence-electron chi connectivity index (χ3n) is 4.09. The molecule has 3 heterocycles. The van der Waals surface area contributed by atoms with Crippen LogP contribution in [0.15, 0.2) is 0 Å². The van der Waals surface area contributed by atoms with E-state index in [1.165, 1.54) is 16.3 Å². The number of nitrogens with zero attached hydrogens (tertiary/aromatic N) is 2. The van der Waals surface area contributed by atoms with Crippen LogP contribution in [0.25, 0.3) is 0 Å². The van der Waals surface area contributed by atoms with E-state index in [-0.39, 0.29) is 12.0 Å². The first-order chi connectivity index (χ1) is 8.64. The fraction of sp³-hybridized carbons (Fsp3) is 0.769. The van der Waals surface area contributed by atoms with Crippen molar-refractivity contribution in [3.8, 4) is 0 Å². The summed E-state index contributed by atoms with van der Waals surface area (Å²) in [6, 6.07) is 0. The predicted molar refractivity (Wildman–Crippen MR) is 71.3 cm³/mol. The lowest BCUT2D eigenvalue weighted by Gasteiger charge is -2.39. The number of likely N-dealkylation sites (tertiary alicyclic amines) is 1. The van der Waals surface area contributed by atoms with Crippen LogP contribution in [-0.2, 0) is 10.2 Å². The minimum Gasteiger partial charge on any atom is -0.395 e. The quantitative estimate of drug-likeness (QED) is 0.892. The van der Waals surface area contributed by atoms with E-state index in [9.17, 15) is 5.11 Å². The number of aromatic nitrogens is 1. The van der Waals surface area contributed by atoms with E-state index < -0.39 is 0 Å². The van der Waals surface area contributed by atoms with Crippen molar-refractivity contribution in [1.82, 2.24) is 9.88 Å². The number of likely N-dealkylation sites (N-methyl/N-ethyl adjacent to an activating group) is 1. The normalized spacial score (nSPS) is 27.4. The van der Waals surface area contributed by atoms with Crippen LogP contribution >= 0.6 is 11.3 Å². The van der Waals surface area contributed by atoms with E-state index in [4.69, 9.17) is 9.72 Å². The standard InChI is InChI=1S/C13H20N2O2S/c1-9-11(13(6-16)7-17-8-13)18-12(14-9)10-3-4-15(2)5-10/h10,16H,3-8H2,1-2H3. The summed E-state index contributed by atoms with van der Waals surface area (Å²) >= 11 is 1.79. The molecule has 2 saturated heterocycles. The lowest BCUT2D eigenvalue weighted by atomic mass is 9.84. The summed E-state index contributed by atoms with van der Waals surface area (Å²) in [6.07, 6.45) is 1.20. The van der Waals surface area contributed by atoms with Crippen molar-refractivity contribution in [2.24, 2.45) is 0 Å². The number of ether oxygens (including phenoxy) is 1. The smallest absolute Gasteiger partial charge is 0.0975 e. The molecule has 0 aromatic carbocycles. The van der Waals surface area contributed by atoms with Crippen LogP contribution in [0.4, 0.5) is 0 Å². The summed E-state index contributed by atoms with van der Waals surface area (Å²) in [5.74, 6) is 0.573. The first-order valence-electron chi connectivity index (χ1n) is 6.49. The highest BCUT2D eigenvalue weighted by Gasteiger charge is 2.43.